The van der Waals surface area contributed by atoms with Gasteiger partial charge in [0.1, 0.15) is 0 Å². The van der Waals surface area contributed by atoms with Gasteiger partial charge in [0.15, 0.2) is 6.29 Å². The predicted octanol–water partition coefficient (Wildman–Crippen LogP) is 4.66. The summed E-state index contributed by atoms with van der Waals surface area (Å²) < 4.78 is 11.6. The molecule has 1 aromatic carbocycles. The summed E-state index contributed by atoms with van der Waals surface area (Å²) in [6.45, 7) is 10.3. The second-order valence-electron chi connectivity index (χ2n) is 5.29. The summed E-state index contributed by atoms with van der Waals surface area (Å²) >= 11 is 0. The van der Waals surface area contributed by atoms with Gasteiger partial charge in [-0.25, -0.2) is 0 Å². The van der Waals surface area contributed by atoms with Gasteiger partial charge in [0.25, 0.3) is 0 Å². The number of rotatable bonds is 7. The highest BCUT2D eigenvalue weighted by Gasteiger charge is 2.12. The van der Waals surface area contributed by atoms with E-state index in [-0.39, 0.29) is 18.5 Å². The van der Waals surface area contributed by atoms with Crippen LogP contribution >= 0.6 is 0 Å². The molecule has 0 aliphatic heterocycles. The van der Waals surface area contributed by atoms with Gasteiger partial charge in [-0.1, -0.05) is 36.4 Å². The molecule has 0 spiro atoms. The Morgan fingerprint density at radius 3 is 2.00 bits per heavy atom. The number of benzene rings is 1. The van der Waals surface area contributed by atoms with Crippen LogP contribution in [0.15, 0.2) is 36.4 Å². The van der Waals surface area contributed by atoms with Crippen molar-refractivity contribution >= 4 is 5.57 Å². The lowest BCUT2D eigenvalue weighted by Crippen LogP contribution is -2.24. The smallest absolute Gasteiger partial charge is 0.161 e. The third-order valence-electron chi connectivity index (χ3n) is 2.69. The first-order valence-electron chi connectivity index (χ1n) is 7.02. The molecule has 19 heavy (non-hydrogen) atoms. The zero-order valence-corrected chi connectivity index (χ0v) is 12.7. The van der Waals surface area contributed by atoms with Crippen molar-refractivity contribution in [1.29, 1.82) is 0 Å². The molecular weight excluding hydrogens is 236 g/mol. The Morgan fingerprint density at radius 1 is 1.00 bits per heavy atom. The summed E-state index contributed by atoms with van der Waals surface area (Å²) in [6, 6.07) is 10.4. The molecule has 0 unspecified atom stereocenters. The average Bonchev–Trinajstić information content (AvgIpc) is 2.35. The zero-order valence-electron chi connectivity index (χ0n) is 12.7. The summed E-state index contributed by atoms with van der Waals surface area (Å²) in [5.74, 6) is 0. The molecule has 0 atom stereocenters. The van der Waals surface area contributed by atoms with Crippen molar-refractivity contribution in [2.75, 3.05) is 0 Å². The Hall–Kier alpha value is -1.12. The first-order chi connectivity index (χ1) is 8.99. The van der Waals surface area contributed by atoms with Crippen molar-refractivity contribution < 1.29 is 9.47 Å². The van der Waals surface area contributed by atoms with Crippen LogP contribution in [-0.2, 0) is 9.47 Å². The highest BCUT2D eigenvalue weighted by atomic mass is 16.7. The van der Waals surface area contributed by atoms with Gasteiger partial charge in [-0.15, -0.1) is 0 Å². The Balaban J connectivity index is 2.63. The van der Waals surface area contributed by atoms with E-state index < -0.39 is 0 Å². The van der Waals surface area contributed by atoms with Crippen molar-refractivity contribution in [2.24, 2.45) is 0 Å². The van der Waals surface area contributed by atoms with Crippen molar-refractivity contribution in [3.63, 3.8) is 0 Å². The van der Waals surface area contributed by atoms with E-state index >= 15 is 0 Å². The SMILES string of the molecule is CC(=CCC(OC(C)C)OC(C)C)c1ccccc1. The zero-order chi connectivity index (χ0) is 14.3. The van der Waals surface area contributed by atoms with Gasteiger partial charge in [0.2, 0.25) is 0 Å². The van der Waals surface area contributed by atoms with Crippen LogP contribution in [0.5, 0.6) is 0 Å². The molecule has 2 nitrogen and oxygen atoms in total. The fourth-order valence-corrected chi connectivity index (χ4v) is 1.84. The largest absolute Gasteiger partial charge is 0.350 e. The maximum atomic E-state index is 5.78. The molecule has 0 bridgehead atoms. The molecular formula is C17H26O2. The molecule has 0 saturated carbocycles. The van der Waals surface area contributed by atoms with Crippen molar-refractivity contribution in [3.8, 4) is 0 Å². The lowest BCUT2D eigenvalue weighted by atomic mass is 10.1. The van der Waals surface area contributed by atoms with Crippen LogP contribution in [0.25, 0.3) is 5.57 Å². The van der Waals surface area contributed by atoms with Crippen LogP contribution in [0.3, 0.4) is 0 Å². The Bertz CT molecular complexity index is 370. The minimum Gasteiger partial charge on any atom is -0.350 e. The van der Waals surface area contributed by atoms with Crippen molar-refractivity contribution in [2.45, 2.75) is 59.5 Å². The Labute approximate surface area is 117 Å². The molecule has 1 aromatic rings. The van der Waals surface area contributed by atoms with E-state index in [0.29, 0.717) is 0 Å². The molecule has 106 valence electrons. The fraction of sp³-hybridized carbons (Fsp3) is 0.529. The van der Waals surface area contributed by atoms with Gasteiger partial charge < -0.3 is 9.47 Å². The van der Waals surface area contributed by atoms with E-state index in [1.54, 1.807) is 0 Å². The van der Waals surface area contributed by atoms with E-state index in [1.807, 2.05) is 33.8 Å². The van der Waals surface area contributed by atoms with Gasteiger partial charge in [-0.2, -0.15) is 0 Å². The van der Waals surface area contributed by atoms with E-state index in [2.05, 4.69) is 37.3 Å². The minimum atomic E-state index is -0.168. The number of hydrogen-bond donors (Lipinski definition) is 0. The van der Waals surface area contributed by atoms with E-state index in [9.17, 15) is 0 Å². The van der Waals surface area contributed by atoms with Crippen LogP contribution in [0.2, 0.25) is 0 Å². The lowest BCUT2D eigenvalue weighted by molar-refractivity contribution is -0.178. The van der Waals surface area contributed by atoms with E-state index in [4.69, 9.17) is 9.47 Å². The van der Waals surface area contributed by atoms with Crippen LogP contribution in [0, 0.1) is 0 Å². The monoisotopic (exact) mass is 262 g/mol. The third kappa shape index (κ3) is 6.55. The average molecular weight is 262 g/mol. The summed E-state index contributed by atoms with van der Waals surface area (Å²) in [5.41, 5.74) is 2.50. The predicted molar refractivity (Wildman–Crippen MR) is 80.9 cm³/mol. The molecule has 0 heterocycles. The summed E-state index contributed by atoms with van der Waals surface area (Å²) in [5, 5.41) is 0. The molecule has 0 radical (unpaired) electrons. The molecule has 2 heteroatoms. The highest BCUT2D eigenvalue weighted by molar-refractivity contribution is 5.63. The van der Waals surface area contributed by atoms with Crippen molar-refractivity contribution in [1.82, 2.24) is 0 Å². The molecule has 1 rings (SSSR count). The minimum absolute atomic E-state index is 0.168. The van der Waals surface area contributed by atoms with Crippen LogP contribution < -0.4 is 0 Å². The van der Waals surface area contributed by atoms with Gasteiger partial charge in [0, 0.05) is 6.42 Å². The topological polar surface area (TPSA) is 18.5 Å². The molecule has 0 saturated heterocycles. The maximum Gasteiger partial charge on any atom is 0.161 e. The lowest BCUT2D eigenvalue weighted by Gasteiger charge is -2.22. The normalized spacial score (nSPS) is 12.7. The maximum absolute atomic E-state index is 5.78. The first kappa shape index (κ1) is 15.9. The number of hydrogen-bond acceptors (Lipinski definition) is 2. The van der Waals surface area contributed by atoms with Gasteiger partial charge in [-0.05, 0) is 45.8 Å². The van der Waals surface area contributed by atoms with Gasteiger partial charge in [0.05, 0.1) is 12.2 Å². The number of ether oxygens (including phenoxy) is 2. The summed E-state index contributed by atoms with van der Waals surface area (Å²) in [4.78, 5) is 0. The van der Waals surface area contributed by atoms with E-state index in [1.165, 1.54) is 11.1 Å². The second-order valence-corrected chi connectivity index (χ2v) is 5.29. The molecule has 0 N–H and O–H groups in total. The Morgan fingerprint density at radius 2 is 1.53 bits per heavy atom. The molecule has 0 aromatic heterocycles. The highest BCUT2D eigenvalue weighted by Crippen LogP contribution is 2.16. The van der Waals surface area contributed by atoms with Gasteiger partial charge >= 0.3 is 0 Å². The van der Waals surface area contributed by atoms with Crippen LogP contribution in [-0.4, -0.2) is 18.5 Å². The molecule has 0 fully saturated rings. The quantitative estimate of drug-likeness (QED) is 0.666. The first-order valence-corrected chi connectivity index (χ1v) is 7.02. The second kappa shape index (κ2) is 8.13. The standard InChI is InChI=1S/C17H26O2/c1-13(2)18-17(19-14(3)4)12-11-15(5)16-9-7-6-8-10-16/h6-11,13-14,17H,12H2,1-5H3. The molecule has 0 aliphatic rings. The molecule has 0 amide bonds. The van der Waals surface area contributed by atoms with Gasteiger partial charge in [-0.3, -0.25) is 0 Å². The third-order valence-corrected chi connectivity index (χ3v) is 2.69. The molecule has 0 aliphatic carbocycles. The fourth-order valence-electron chi connectivity index (χ4n) is 1.84. The summed E-state index contributed by atoms with van der Waals surface area (Å²) in [7, 11) is 0. The Kier molecular flexibility index (Phi) is 6.82. The van der Waals surface area contributed by atoms with Crippen molar-refractivity contribution in [3.05, 3.63) is 42.0 Å². The number of allylic oxidation sites excluding steroid dienone is 1. The van der Waals surface area contributed by atoms with E-state index in [0.717, 1.165) is 6.42 Å². The van der Waals surface area contributed by atoms with Crippen LogP contribution in [0.4, 0.5) is 0 Å². The van der Waals surface area contributed by atoms with Crippen LogP contribution in [0.1, 0.15) is 46.6 Å². The summed E-state index contributed by atoms with van der Waals surface area (Å²) in [6.07, 6.45) is 3.14.